The van der Waals surface area contributed by atoms with Gasteiger partial charge >= 0.3 is 5.97 Å². The maximum absolute atomic E-state index is 12.5. The van der Waals surface area contributed by atoms with Crippen LogP contribution in [0.15, 0.2) is 24.3 Å². The van der Waals surface area contributed by atoms with E-state index in [2.05, 4.69) is 0 Å². The van der Waals surface area contributed by atoms with Gasteiger partial charge in [0.25, 0.3) is 5.91 Å². The second-order valence-corrected chi connectivity index (χ2v) is 7.36. The van der Waals surface area contributed by atoms with E-state index in [0.29, 0.717) is 10.6 Å². The zero-order valence-corrected chi connectivity index (χ0v) is 14.1. The van der Waals surface area contributed by atoms with Gasteiger partial charge in [-0.3, -0.25) is 9.63 Å². The Morgan fingerprint density at radius 1 is 1.41 bits per heavy atom. The summed E-state index contributed by atoms with van der Waals surface area (Å²) in [7, 11) is 0. The van der Waals surface area contributed by atoms with Gasteiger partial charge in [0, 0.05) is 5.02 Å². The van der Waals surface area contributed by atoms with Crippen LogP contribution in [0.5, 0.6) is 0 Å². The molecule has 1 unspecified atom stereocenters. The Balaban J connectivity index is 2.29. The summed E-state index contributed by atoms with van der Waals surface area (Å²) in [5, 5.41) is 10.7. The van der Waals surface area contributed by atoms with E-state index in [1.165, 1.54) is 13.8 Å². The van der Waals surface area contributed by atoms with Crippen molar-refractivity contribution in [3.05, 3.63) is 34.9 Å². The number of hydroxylamine groups is 2. The summed E-state index contributed by atoms with van der Waals surface area (Å²) in [4.78, 5) is 29.2. The molecule has 0 spiro atoms. The van der Waals surface area contributed by atoms with Gasteiger partial charge in [-0.1, -0.05) is 53.0 Å². The molecule has 0 bridgehead atoms. The molecular formula is C14H14Cl3NO4. The lowest BCUT2D eigenvalue weighted by molar-refractivity contribution is -0.182. The predicted molar refractivity (Wildman–Crippen MR) is 82.7 cm³/mol. The van der Waals surface area contributed by atoms with E-state index in [-0.39, 0.29) is 6.54 Å². The molecule has 1 aromatic rings. The summed E-state index contributed by atoms with van der Waals surface area (Å²) in [6, 6.07) is 6.96. The Morgan fingerprint density at radius 3 is 2.55 bits per heavy atom. The van der Waals surface area contributed by atoms with Crippen molar-refractivity contribution in [3.63, 3.8) is 0 Å². The van der Waals surface area contributed by atoms with E-state index in [1.807, 2.05) is 0 Å². The molecular weight excluding hydrogens is 353 g/mol. The topological polar surface area (TPSA) is 66.8 Å². The molecule has 2 rings (SSSR count). The van der Waals surface area contributed by atoms with Crippen LogP contribution in [0.1, 0.15) is 19.4 Å². The minimum atomic E-state index is -2.24. The first-order valence-electron chi connectivity index (χ1n) is 6.42. The Labute approximate surface area is 142 Å². The van der Waals surface area contributed by atoms with Gasteiger partial charge in [0.1, 0.15) is 6.10 Å². The van der Waals surface area contributed by atoms with Crippen molar-refractivity contribution in [3.8, 4) is 0 Å². The summed E-state index contributed by atoms with van der Waals surface area (Å²) in [5.41, 5.74) is -0.526. The number of carbonyl (C=O) groups is 2. The molecule has 1 fully saturated rings. The zero-order chi connectivity index (χ0) is 16.7. The molecule has 1 amide bonds. The van der Waals surface area contributed by atoms with Crippen molar-refractivity contribution in [2.75, 3.05) is 0 Å². The van der Waals surface area contributed by atoms with Crippen LogP contribution < -0.4 is 0 Å². The monoisotopic (exact) mass is 365 g/mol. The third-order valence-electron chi connectivity index (χ3n) is 3.55. The quantitative estimate of drug-likeness (QED) is 0.831. The third kappa shape index (κ3) is 2.91. The molecule has 1 saturated heterocycles. The number of alkyl halides is 2. The number of hydrogen-bond donors (Lipinski definition) is 1. The molecule has 1 aromatic carbocycles. The fourth-order valence-electron chi connectivity index (χ4n) is 2.26. The average Bonchev–Trinajstić information content (AvgIpc) is 2.65. The highest BCUT2D eigenvalue weighted by Crippen LogP contribution is 2.45. The summed E-state index contributed by atoms with van der Waals surface area (Å²) in [6.45, 7) is 3.14. The molecule has 0 saturated carbocycles. The fraction of sp³-hybridized carbons (Fsp3) is 0.429. The van der Waals surface area contributed by atoms with Crippen LogP contribution in [-0.2, 0) is 21.0 Å². The molecule has 5 nitrogen and oxygen atoms in total. The van der Waals surface area contributed by atoms with Gasteiger partial charge in [0.15, 0.2) is 0 Å². The van der Waals surface area contributed by atoms with Crippen molar-refractivity contribution in [2.45, 2.75) is 30.8 Å². The van der Waals surface area contributed by atoms with E-state index >= 15 is 0 Å². The molecule has 0 aromatic heterocycles. The van der Waals surface area contributed by atoms with Crippen LogP contribution >= 0.6 is 34.8 Å². The van der Waals surface area contributed by atoms with Gasteiger partial charge in [-0.15, -0.1) is 0 Å². The maximum Gasteiger partial charge on any atom is 0.343 e. The van der Waals surface area contributed by atoms with Gasteiger partial charge in [-0.2, -0.15) is 0 Å². The van der Waals surface area contributed by atoms with Gasteiger partial charge in [-0.25, -0.2) is 9.86 Å². The smallest absolute Gasteiger partial charge is 0.343 e. The molecule has 1 heterocycles. The van der Waals surface area contributed by atoms with Gasteiger partial charge in [-0.05, 0) is 25.5 Å². The maximum atomic E-state index is 12.5. The lowest BCUT2D eigenvalue weighted by Crippen LogP contribution is -2.47. The molecule has 8 heteroatoms. The Hall–Kier alpha value is -1.01. The van der Waals surface area contributed by atoms with Crippen LogP contribution in [0.3, 0.4) is 0 Å². The van der Waals surface area contributed by atoms with Crippen molar-refractivity contribution in [2.24, 2.45) is 5.41 Å². The van der Waals surface area contributed by atoms with E-state index in [1.54, 1.807) is 24.3 Å². The first-order chi connectivity index (χ1) is 10.1. The fourth-order valence-corrected chi connectivity index (χ4v) is 3.08. The second kappa shape index (κ2) is 5.89. The largest absolute Gasteiger partial charge is 0.479 e. The summed E-state index contributed by atoms with van der Waals surface area (Å²) >= 11 is 17.8. The highest BCUT2D eigenvalue weighted by molar-refractivity contribution is 6.58. The van der Waals surface area contributed by atoms with Crippen LogP contribution in [0.2, 0.25) is 5.02 Å². The lowest BCUT2D eigenvalue weighted by atomic mass is 9.84. The summed E-state index contributed by atoms with van der Waals surface area (Å²) < 4.78 is -2.24. The van der Waals surface area contributed by atoms with Crippen molar-refractivity contribution >= 4 is 46.7 Å². The van der Waals surface area contributed by atoms with E-state index in [9.17, 15) is 9.59 Å². The van der Waals surface area contributed by atoms with Crippen molar-refractivity contribution < 1.29 is 19.5 Å². The van der Waals surface area contributed by atoms with Gasteiger partial charge in [0.2, 0.25) is 4.33 Å². The first-order valence-corrected chi connectivity index (χ1v) is 7.55. The Bertz CT molecular complexity index is 618. The number of aliphatic carboxylic acids is 1. The molecule has 1 atom stereocenters. The number of benzene rings is 1. The van der Waals surface area contributed by atoms with Crippen molar-refractivity contribution in [1.82, 2.24) is 5.06 Å². The predicted octanol–water partition coefficient (Wildman–Crippen LogP) is 3.27. The SMILES string of the molecule is CC1(C)C(=O)N(Cc2ccccc2Cl)OC1C(Cl)(Cl)C(=O)O. The molecule has 0 radical (unpaired) electrons. The highest BCUT2D eigenvalue weighted by Gasteiger charge is 2.61. The molecule has 0 aliphatic carbocycles. The number of rotatable bonds is 4. The second-order valence-electron chi connectivity index (χ2n) is 5.57. The van der Waals surface area contributed by atoms with E-state index < -0.39 is 27.7 Å². The Morgan fingerprint density at radius 2 is 2.00 bits per heavy atom. The van der Waals surface area contributed by atoms with Crippen LogP contribution in [0.25, 0.3) is 0 Å². The van der Waals surface area contributed by atoms with Crippen LogP contribution in [0, 0.1) is 5.41 Å². The normalized spacial score (nSPS) is 21.2. The number of hydrogen-bond acceptors (Lipinski definition) is 3. The number of carboxylic acid groups (broad SMARTS) is 1. The molecule has 120 valence electrons. The standard InChI is InChI=1S/C14H14Cl3NO4/c1-13(2)10(14(16,17)12(20)21)22-18(11(13)19)7-8-5-3-4-6-9(8)15/h3-6,10H,7H2,1-2H3,(H,20,21). The lowest BCUT2D eigenvalue weighted by Gasteiger charge is -2.28. The van der Waals surface area contributed by atoms with Crippen LogP contribution in [0.4, 0.5) is 0 Å². The minimum Gasteiger partial charge on any atom is -0.479 e. The summed E-state index contributed by atoms with van der Waals surface area (Å²) in [5.74, 6) is -1.88. The minimum absolute atomic E-state index is 0.0713. The molecule has 1 aliphatic heterocycles. The van der Waals surface area contributed by atoms with Gasteiger partial charge < -0.3 is 5.11 Å². The Kier molecular flexibility index (Phi) is 4.64. The summed E-state index contributed by atoms with van der Waals surface area (Å²) in [6.07, 6.45) is -1.23. The van der Waals surface area contributed by atoms with E-state index in [0.717, 1.165) is 5.06 Å². The number of amides is 1. The molecule has 1 N–H and O–H groups in total. The van der Waals surface area contributed by atoms with Gasteiger partial charge in [0.05, 0.1) is 12.0 Å². The van der Waals surface area contributed by atoms with E-state index in [4.69, 9.17) is 44.7 Å². The average molecular weight is 367 g/mol. The number of carboxylic acids is 1. The van der Waals surface area contributed by atoms with Crippen LogP contribution in [-0.4, -0.2) is 32.5 Å². The number of nitrogens with zero attached hydrogens (tertiary/aromatic N) is 1. The van der Waals surface area contributed by atoms with Crippen molar-refractivity contribution in [1.29, 1.82) is 0 Å². The molecule has 22 heavy (non-hydrogen) atoms. The highest BCUT2D eigenvalue weighted by atomic mass is 35.5. The first kappa shape index (κ1) is 17.3. The number of halogens is 3. The number of carbonyl (C=O) groups excluding carboxylic acids is 1. The zero-order valence-electron chi connectivity index (χ0n) is 11.8. The third-order valence-corrected chi connectivity index (χ3v) is 4.64. The molecule has 1 aliphatic rings.